The first kappa shape index (κ1) is 12.5. The Labute approximate surface area is 112 Å². The van der Waals surface area contributed by atoms with Crippen LogP contribution in [0.4, 0.5) is 0 Å². The van der Waals surface area contributed by atoms with Crippen LogP contribution in [0.5, 0.6) is 5.75 Å². The molecule has 1 aliphatic heterocycles. The fourth-order valence-electron chi connectivity index (χ4n) is 2.79. The summed E-state index contributed by atoms with van der Waals surface area (Å²) in [6.07, 6.45) is 1.45. The molecule has 1 saturated heterocycles. The Hall–Kier alpha value is -1.52. The lowest BCUT2D eigenvalue weighted by Crippen LogP contribution is -2.18. The molecule has 1 aliphatic carbocycles. The van der Waals surface area contributed by atoms with Gasteiger partial charge in [-0.05, 0) is 18.1 Å². The van der Waals surface area contributed by atoms with Gasteiger partial charge >= 0.3 is 0 Å². The van der Waals surface area contributed by atoms with E-state index in [9.17, 15) is 0 Å². The summed E-state index contributed by atoms with van der Waals surface area (Å²) in [4.78, 5) is 0. The lowest BCUT2D eigenvalue weighted by Gasteiger charge is -2.26. The van der Waals surface area contributed by atoms with Crippen molar-refractivity contribution < 1.29 is 18.9 Å². The molecule has 0 amide bonds. The van der Waals surface area contributed by atoms with Crippen molar-refractivity contribution in [2.75, 3.05) is 27.4 Å². The molecule has 1 aromatic carbocycles. The van der Waals surface area contributed by atoms with Crippen LogP contribution in [-0.2, 0) is 20.6 Å². The number of methoxy groups -OCH3 is 2. The number of fused-ring (bicyclic) bond motifs is 1. The maximum Gasteiger partial charge on any atom is 0.187 e. The molecule has 0 atom stereocenters. The van der Waals surface area contributed by atoms with Crippen LogP contribution < -0.4 is 4.74 Å². The maximum atomic E-state index is 5.65. The second-order valence-corrected chi connectivity index (χ2v) is 4.60. The molecule has 0 N–H and O–H groups in total. The second kappa shape index (κ2) is 5.23. The quantitative estimate of drug-likeness (QED) is 0.838. The Morgan fingerprint density at radius 2 is 1.84 bits per heavy atom. The van der Waals surface area contributed by atoms with Crippen molar-refractivity contribution in [1.29, 1.82) is 0 Å². The van der Waals surface area contributed by atoms with E-state index in [-0.39, 0.29) is 6.29 Å². The summed E-state index contributed by atoms with van der Waals surface area (Å²) in [7, 11) is 3.41. The van der Waals surface area contributed by atoms with Crippen LogP contribution in [-0.4, -0.2) is 33.7 Å². The van der Waals surface area contributed by atoms with Gasteiger partial charge in [0.15, 0.2) is 6.29 Å². The fourth-order valence-corrected chi connectivity index (χ4v) is 2.79. The van der Waals surface area contributed by atoms with Gasteiger partial charge in [0.2, 0.25) is 0 Å². The summed E-state index contributed by atoms with van der Waals surface area (Å²) < 4.78 is 22.3. The van der Waals surface area contributed by atoms with E-state index in [1.807, 2.05) is 12.1 Å². The van der Waals surface area contributed by atoms with E-state index in [0.717, 1.165) is 35.5 Å². The molecule has 19 heavy (non-hydrogen) atoms. The van der Waals surface area contributed by atoms with E-state index in [1.54, 1.807) is 14.2 Å². The van der Waals surface area contributed by atoms with Crippen molar-refractivity contribution in [2.45, 2.75) is 19.1 Å². The molecule has 102 valence electrons. The Morgan fingerprint density at radius 1 is 1.05 bits per heavy atom. The topological polar surface area (TPSA) is 36.9 Å². The molecule has 4 nitrogen and oxygen atoms in total. The van der Waals surface area contributed by atoms with Crippen molar-refractivity contribution in [3.05, 3.63) is 35.1 Å². The van der Waals surface area contributed by atoms with Gasteiger partial charge < -0.3 is 18.9 Å². The molecule has 1 fully saturated rings. The SMILES string of the molecule is COC1=C(C2OCCO2)c2cccc(OC)c2CC1. The highest BCUT2D eigenvalue weighted by Gasteiger charge is 2.31. The van der Waals surface area contributed by atoms with Gasteiger partial charge in [-0.1, -0.05) is 12.1 Å². The molecule has 0 spiro atoms. The van der Waals surface area contributed by atoms with Gasteiger partial charge in [0.05, 0.1) is 33.0 Å². The zero-order valence-corrected chi connectivity index (χ0v) is 11.3. The average Bonchev–Trinajstić information content (AvgIpc) is 2.99. The third kappa shape index (κ3) is 2.11. The first-order valence-electron chi connectivity index (χ1n) is 6.51. The van der Waals surface area contributed by atoms with Gasteiger partial charge in [-0.2, -0.15) is 0 Å². The number of hydrogen-bond donors (Lipinski definition) is 0. The summed E-state index contributed by atoms with van der Waals surface area (Å²) in [5.74, 6) is 1.87. The highest BCUT2D eigenvalue weighted by molar-refractivity contribution is 5.75. The standard InChI is InChI=1S/C15H18O4/c1-16-12-5-3-4-11-10(12)6-7-13(17-2)14(11)15-18-8-9-19-15/h3-5,15H,6-9H2,1-2H3. The van der Waals surface area contributed by atoms with E-state index in [0.29, 0.717) is 13.2 Å². The molecule has 1 heterocycles. The van der Waals surface area contributed by atoms with Crippen LogP contribution in [0.2, 0.25) is 0 Å². The fraction of sp³-hybridized carbons (Fsp3) is 0.467. The molecule has 0 saturated carbocycles. The van der Waals surface area contributed by atoms with E-state index in [1.165, 1.54) is 5.56 Å². The molecule has 2 aliphatic rings. The van der Waals surface area contributed by atoms with E-state index in [4.69, 9.17) is 18.9 Å². The van der Waals surface area contributed by atoms with Gasteiger partial charge in [0.25, 0.3) is 0 Å². The van der Waals surface area contributed by atoms with Crippen molar-refractivity contribution in [3.8, 4) is 5.75 Å². The van der Waals surface area contributed by atoms with Crippen LogP contribution in [0.1, 0.15) is 17.5 Å². The Bertz CT molecular complexity index is 501. The number of allylic oxidation sites excluding steroid dienone is 1. The molecular weight excluding hydrogens is 244 g/mol. The summed E-state index contributed by atoms with van der Waals surface area (Å²) >= 11 is 0. The van der Waals surface area contributed by atoms with Crippen LogP contribution in [0, 0.1) is 0 Å². The van der Waals surface area contributed by atoms with Crippen LogP contribution in [0.25, 0.3) is 5.57 Å². The molecule has 0 bridgehead atoms. The molecule has 4 heteroatoms. The van der Waals surface area contributed by atoms with Gasteiger partial charge in [0, 0.05) is 12.0 Å². The third-order valence-electron chi connectivity index (χ3n) is 3.65. The Morgan fingerprint density at radius 3 is 2.53 bits per heavy atom. The largest absolute Gasteiger partial charge is 0.501 e. The summed E-state index contributed by atoms with van der Waals surface area (Å²) in [5.41, 5.74) is 3.34. The lowest BCUT2D eigenvalue weighted by molar-refractivity contribution is 0.00411. The third-order valence-corrected chi connectivity index (χ3v) is 3.65. The van der Waals surface area contributed by atoms with Gasteiger partial charge in [-0.15, -0.1) is 0 Å². The lowest BCUT2D eigenvalue weighted by atomic mass is 9.88. The zero-order valence-electron chi connectivity index (χ0n) is 11.3. The number of hydrogen-bond acceptors (Lipinski definition) is 4. The minimum absolute atomic E-state index is 0.318. The first-order chi connectivity index (χ1) is 9.35. The Kier molecular flexibility index (Phi) is 3.44. The highest BCUT2D eigenvalue weighted by atomic mass is 16.7. The van der Waals surface area contributed by atoms with Gasteiger partial charge in [0.1, 0.15) is 11.5 Å². The zero-order chi connectivity index (χ0) is 13.2. The number of benzene rings is 1. The Balaban J connectivity index is 2.10. The molecule has 0 aromatic heterocycles. The van der Waals surface area contributed by atoms with Crippen LogP contribution in [0.3, 0.4) is 0 Å². The molecule has 0 unspecified atom stereocenters. The van der Waals surface area contributed by atoms with E-state index < -0.39 is 0 Å². The maximum absolute atomic E-state index is 5.65. The molecular formula is C15H18O4. The smallest absolute Gasteiger partial charge is 0.187 e. The minimum Gasteiger partial charge on any atom is -0.501 e. The number of ether oxygens (including phenoxy) is 4. The van der Waals surface area contributed by atoms with Crippen molar-refractivity contribution in [1.82, 2.24) is 0 Å². The van der Waals surface area contributed by atoms with Crippen LogP contribution >= 0.6 is 0 Å². The van der Waals surface area contributed by atoms with Crippen molar-refractivity contribution in [3.63, 3.8) is 0 Å². The van der Waals surface area contributed by atoms with E-state index in [2.05, 4.69) is 6.07 Å². The van der Waals surface area contributed by atoms with Crippen molar-refractivity contribution >= 4 is 5.57 Å². The highest BCUT2D eigenvalue weighted by Crippen LogP contribution is 2.39. The summed E-state index contributed by atoms with van der Waals surface area (Å²) in [6.45, 7) is 1.26. The normalized spacial score (nSPS) is 19.5. The predicted molar refractivity (Wildman–Crippen MR) is 70.9 cm³/mol. The number of rotatable bonds is 3. The summed E-state index contributed by atoms with van der Waals surface area (Å²) in [6, 6.07) is 6.06. The first-order valence-corrected chi connectivity index (χ1v) is 6.51. The van der Waals surface area contributed by atoms with Crippen LogP contribution in [0.15, 0.2) is 24.0 Å². The van der Waals surface area contributed by atoms with E-state index >= 15 is 0 Å². The second-order valence-electron chi connectivity index (χ2n) is 4.60. The molecule has 0 radical (unpaired) electrons. The molecule has 1 aromatic rings. The minimum atomic E-state index is -0.318. The summed E-state index contributed by atoms with van der Waals surface area (Å²) in [5, 5.41) is 0. The van der Waals surface area contributed by atoms with Crippen molar-refractivity contribution in [2.24, 2.45) is 0 Å². The monoisotopic (exact) mass is 262 g/mol. The molecule has 3 rings (SSSR count). The average molecular weight is 262 g/mol. The predicted octanol–water partition coefficient (Wildman–Crippen LogP) is 2.37. The van der Waals surface area contributed by atoms with Gasteiger partial charge in [-0.25, -0.2) is 0 Å². The van der Waals surface area contributed by atoms with Gasteiger partial charge in [-0.3, -0.25) is 0 Å².